The van der Waals surface area contributed by atoms with Gasteiger partial charge in [-0.05, 0) is 58.7 Å². The molecule has 20 heavy (non-hydrogen) atoms. The molecule has 2 aromatic rings. The number of halogens is 3. The van der Waals surface area contributed by atoms with Crippen molar-refractivity contribution in [2.24, 2.45) is 5.73 Å². The Bertz CT molecular complexity index is 604. The van der Waals surface area contributed by atoms with Crippen molar-refractivity contribution in [2.45, 2.75) is 13.0 Å². The third-order valence-corrected chi connectivity index (χ3v) is 3.94. The van der Waals surface area contributed by atoms with Crippen LogP contribution >= 0.6 is 31.9 Å². The molecule has 0 radical (unpaired) electrons. The number of rotatable bonds is 5. The topological polar surface area (TPSA) is 35.2 Å². The van der Waals surface area contributed by atoms with Crippen molar-refractivity contribution in [3.8, 4) is 5.75 Å². The minimum atomic E-state index is -0.282. The van der Waals surface area contributed by atoms with E-state index in [-0.39, 0.29) is 12.4 Å². The van der Waals surface area contributed by atoms with E-state index in [1.54, 1.807) is 12.1 Å². The second-order valence-corrected chi connectivity index (χ2v) is 6.10. The summed E-state index contributed by atoms with van der Waals surface area (Å²) < 4.78 is 20.9. The molecule has 0 aliphatic rings. The molecule has 0 heterocycles. The first-order valence-electron chi connectivity index (χ1n) is 6.15. The van der Waals surface area contributed by atoms with Crippen molar-refractivity contribution in [2.75, 3.05) is 6.54 Å². The van der Waals surface area contributed by atoms with Crippen LogP contribution in [-0.2, 0) is 13.0 Å². The predicted molar refractivity (Wildman–Crippen MR) is 85.3 cm³/mol. The molecule has 0 aliphatic carbocycles. The van der Waals surface area contributed by atoms with Gasteiger partial charge in [0, 0.05) is 10.0 Å². The Balaban J connectivity index is 2.07. The Morgan fingerprint density at radius 2 is 1.90 bits per heavy atom. The lowest BCUT2D eigenvalue weighted by Gasteiger charge is -2.10. The number of hydrogen-bond donors (Lipinski definition) is 1. The molecule has 0 aliphatic heterocycles. The lowest BCUT2D eigenvalue weighted by Crippen LogP contribution is -2.03. The fourth-order valence-electron chi connectivity index (χ4n) is 1.78. The maximum absolute atomic E-state index is 13.7. The Kier molecular flexibility index (Phi) is 5.57. The number of hydrogen-bond acceptors (Lipinski definition) is 2. The van der Waals surface area contributed by atoms with Gasteiger partial charge in [0.15, 0.2) is 0 Å². The lowest BCUT2D eigenvalue weighted by molar-refractivity contribution is 0.298. The van der Waals surface area contributed by atoms with Crippen LogP contribution in [0.5, 0.6) is 5.75 Å². The number of benzene rings is 2. The van der Waals surface area contributed by atoms with Crippen molar-refractivity contribution < 1.29 is 9.13 Å². The van der Waals surface area contributed by atoms with Gasteiger partial charge >= 0.3 is 0 Å². The third kappa shape index (κ3) is 4.04. The monoisotopic (exact) mass is 401 g/mol. The van der Waals surface area contributed by atoms with Gasteiger partial charge in [-0.2, -0.15) is 0 Å². The summed E-state index contributed by atoms with van der Waals surface area (Å²) >= 11 is 6.68. The Morgan fingerprint density at radius 1 is 1.10 bits per heavy atom. The predicted octanol–water partition coefficient (Wildman–Crippen LogP) is 4.43. The van der Waals surface area contributed by atoms with E-state index in [0.29, 0.717) is 22.3 Å². The summed E-state index contributed by atoms with van der Waals surface area (Å²) in [5, 5.41) is 0. The average molecular weight is 403 g/mol. The molecule has 0 aromatic heterocycles. The standard InChI is InChI=1S/C15H14Br2FNO/c16-12-3-2-11(14(18)8-12)9-20-15-4-1-10(5-6-19)7-13(15)17/h1-4,7-8H,5-6,9,19H2. The van der Waals surface area contributed by atoms with Gasteiger partial charge in [-0.3, -0.25) is 0 Å². The molecule has 106 valence electrons. The van der Waals surface area contributed by atoms with Crippen LogP contribution in [0.4, 0.5) is 4.39 Å². The summed E-state index contributed by atoms with van der Waals surface area (Å²) in [6.45, 7) is 0.796. The summed E-state index contributed by atoms with van der Waals surface area (Å²) in [5.74, 6) is 0.406. The minimum absolute atomic E-state index is 0.188. The van der Waals surface area contributed by atoms with Crippen molar-refractivity contribution in [3.05, 3.63) is 62.3 Å². The lowest BCUT2D eigenvalue weighted by atomic mass is 10.1. The fraction of sp³-hybridized carbons (Fsp3) is 0.200. The van der Waals surface area contributed by atoms with Gasteiger partial charge in [0.1, 0.15) is 18.2 Å². The highest BCUT2D eigenvalue weighted by molar-refractivity contribution is 9.10. The molecule has 0 fully saturated rings. The van der Waals surface area contributed by atoms with Crippen LogP contribution in [-0.4, -0.2) is 6.54 Å². The molecule has 0 spiro atoms. The van der Waals surface area contributed by atoms with Crippen LogP contribution in [0.1, 0.15) is 11.1 Å². The zero-order valence-corrected chi connectivity index (χ0v) is 13.9. The van der Waals surface area contributed by atoms with E-state index < -0.39 is 0 Å². The average Bonchev–Trinajstić information content (AvgIpc) is 2.40. The molecular weight excluding hydrogens is 389 g/mol. The van der Waals surface area contributed by atoms with Crippen LogP contribution in [0, 0.1) is 5.82 Å². The number of nitrogens with two attached hydrogens (primary N) is 1. The van der Waals surface area contributed by atoms with Gasteiger partial charge in [0.05, 0.1) is 4.47 Å². The van der Waals surface area contributed by atoms with E-state index in [1.165, 1.54) is 6.07 Å². The molecule has 2 N–H and O–H groups in total. The smallest absolute Gasteiger partial charge is 0.134 e. The van der Waals surface area contributed by atoms with E-state index in [2.05, 4.69) is 31.9 Å². The van der Waals surface area contributed by atoms with Crippen molar-refractivity contribution >= 4 is 31.9 Å². The molecular formula is C15H14Br2FNO. The van der Waals surface area contributed by atoms with Crippen molar-refractivity contribution in [3.63, 3.8) is 0 Å². The Labute approximate surface area is 134 Å². The van der Waals surface area contributed by atoms with E-state index in [0.717, 1.165) is 16.5 Å². The molecule has 0 bridgehead atoms. The molecule has 2 aromatic carbocycles. The highest BCUT2D eigenvalue weighted by Crippen LogP contribution is 2.27. The fourth-order valence-corrected chi connectivity index (χ4v) is 2.65. The van der Waals surface area contributed by atoms with Gasteiger partial charge in [-0.1, -0.05) is 28.1 Å². The molecule has 2 nitrogen and oxygen atoms in total. The summed E-state index contributed by atoms with van der Waals surface area (Å²) in [6.07, 6.45) is 0.820. The van der Waals surface area contributed by atoms with Gasteiger partial charge in [-0.25, -0.2) is 4.39 Å². The maximum Gasteiger partial charge on any atom is 0.134 e. The Morgan fingerprint density at radius 3 is 2.55 bits per heavy atom. The molecule has 2 rings (SSSR count). The molecule has 0 atom stereocenters. The zero-order chi connectivity index (χ0) is 14.5. The van der Waals surface area contributed by atoms with Crippen molar-refractivity contribution in [1.82, 2.24) is 0 Å². The van der Waals surface area contributed by atoms with Gasteiger partial charge in [0.2, 0.25) is 0 Å². The SMILES string of the molecule is NCCc1ccc(OCc2ccc(Br)cc2F)c(Br)c1. The van der Waals surface area contributed by atoms with Gasteiger partial charge in [-0.15, -0.1) is 0 Å². The van der Waals surface area contributed by atoms with Crippen LogP contribution in [0.2, 0.25) is 0 Å². The molecule has 5 heteroatoms. The van der Waals surface area contributed by atoms with E-state index in [9.17, 15) is 4.39 Å². The summed E-state index contributed by atoms with van der Waals surface area (Å²) in [5.41, 5.74) is 7.18. The summed E-state index contributed by atoms with van der Waals surface area (Å²) in [4.78, 5) is 0. The van der Waals surface area contributed by atoms with Crippen LogP contribution in [0.15, 0.2) is 45.3 Å². The molecule has 0 amide bonds. The second kappa shape index (κ2) is 7.20. The van der Waals surface area contributed by atoms with E-state index >= 15 is 0 Å². The minimum Gasteiger partial charge on any atom is -0.488 e. The van der Waals surface area contributed by atoms with Gasteiger partial charge < -0.3 is 10.5 Å². The first kappa shape index (κ1) is 15.5. The van der Waals surface area contributed by atoms with Gasteiger partial charge in [0.25, 0.3) is 0 Å². The van der Waals surface area contributed by atoms with Crippen LogP contribution in [0.25, 0.3) is 0 Å². The van der Waals surface area contributed by atoms with Crippen LogP contribution < -0.4 is 10.5 Å². The highest BCUT2D eigenvalue weighted by Gasteiger charge is 2.06. The first-order chi connectivity index (χ1) is 9.60. The molecule has 0 saturated heterocycles. The first-order valence-corrected chi connectivity index (χ1v) is 7.74. The number of ether oxygens (including phenoxy) is 1. The highest BCUT2D eigenvalue weighted by atomic mass is 79.9. The normalized spacial score (nSPS) is 10.6. The summed E-state index contributed by atoms with van der Waals surface area (Å²) in [7, 11) is 0. The molecule has 0 saturated carbocycles. The molecule has 0 unspecified atom stereocenters. The van der Waals surface area contributed by atoms with Crippen LogP contribution in [0.3, 0.4) is 0 Å². The summed E-state index contributed by atoms with van der Waals surface area (Å²) in [6, 6.07) is 10.7. The van der Waals surface area contributed by atoms with E-state index in [4.69, 9.17) is 10.5 Å². The maximum atomic E-state index is 13.7. The largest absolute Gasteiger partial charge is 0.488 e. The zero-order valence-electron chi connectivity index (χ0n) is 10.7. The second-order valence-electron chi connectivity index (χ2n) is 4.33. The third-order valence-electron chi connectivity index (χ3n) is 2.83. The van der Waals surface area contributed by atoms with E-state index in [1.807, 2.05) is 18.2 Å². The quantitative estimate of drug-likeness (QED) is 0.802. The van der Waals surface area contributed by atoms with Crippen molar-refractivity contribution in [1.29, 1.82) is 0 Å². The Hall–Kier alpha value is -0.910.